The van der Waals surface area contributed by atoms with Gasteiger partial charge in [0.15, 0.2) is 11.6 Å². The summed E-state index contributed by atoms with van der Waals surface area (Å²) in [7, 11) is 1.40. The van der Waals surface area contributed by atoms with Crippen molar-refractivity contribution in [3.05, 3.63) is 83.3 Å². The summed E-state index contributed by atoms with van der Waals surface area (Å²) in [4.78, 5) is 16.5. The van der Waals surface area contributed by atoms with Gasteiger partial charge in [-0.05, 0) is 66.6 Å². The van der Waals surface area contributed by atoms with Gasteiger partial charge >= 0.3 is 6.03 Å². The quantitative estimate of drug-likeness (QED) is 0.320. The zero-order valence-corrected chi connectivity index (χ0v) is 18.7. The summed E-state index contributed by atoms with van der Waals surface area (Å²) in [5, 5.41) is 6.86. The maximum atomic E-state index is 14.0. The Morgan fingerprint density at radius 2 is 1.73 bits per heavy atom. The van der Waals surface area contributed by atoms with Crippen LogP contribution in [-0.4, -0.2) is 18.1 Å². The topological polar surface area (TPSA) is 72.5 Å². The molecule has 6 nitrogen and oxygen atoms in total. The molecular formula is C25H21ClFN3O3. The third kappa shape index (κ3) is 5.15. The third-order valence-corrected chi connectivity index (χ3v) is 5.37. The number of aryl methyl sites for hydroxylation is 1. The second kappa shape index (κ2) is 9.75. The molecule has 0 aliphatic rings. The van der Waals surface area contributed by atoms with E-state index in [-0.39, 0.29) is 11.8 Å². The van der Waals surface area contributed by atoms with Crippen LogP contribution in [0, 0.1) is 5.82 Å². The van der Waals surface area contributed by atoms with E-state index in [0.29, 0.717) is 38.8 Å². The highest BCUT2D eigenvalue weighted by Gasteiger charge is 2.11. The van der Waals surface area contributed by atoms with Crippen LogP contribution in [0.5, 0.6) is 17.2 Å². The fraction of sp³-hybridized carbons (Fsp3) is 0.120. The zero-order valence-electron chi connectivity index (χ0n) is 18.0. The van der Waals surface area contributed by atoms with E-state index in [9.17, 15) is 9.18 Å². The number of aromatic nitrogens is 1. The van der Waals surface area contributed by atoms with E-state index in [0.717, 1.165) is 12.0 Å². The summed E-state index contributed by atoms with van der Waals surface area (Å²) in [5.41, 5.74) is 2.66. The molecule has 0 bridgehead atoms. The van der Waals surface area contributed by atoms with Crippen LogP contribution < -0.4 is 20.1 Å². The molecule has 0 fully saturated rings. The summed E-state index contributed by atoms with van der Waals surface area (Å²) in [6.07, 6.45) is 2.32. The summed E-state index contributed by atoms with van der Waals surface area (Å²) < 4.78 is 25.0. The van der Waals surface area contributed by atoms with Gasteiger partial charge in [0.2, 0.25) is 0 Å². The van der Waals surface area contributed by atoms with Crippen molar-refractivity contribution < 1.29 is 18.7 Å². The number of nitrogens with one attached hydrogen (secondary N) is 2. The van der Waals surface area contributed by atoms with Crippen LogP contribution in [0.1, 0.15) is 12.5 Å². The van der Waals surface area contributed by atoms with E-state index in [1.807, 2.05) is 13.0 Å². The van der Waals surface area contributed by atoms with Gasteiger partial charge in [-0.3, -0.25) is 4.98 Å². The number of anilines is 2. The Morgan fingerprint density at radius 1 is 1.00 bits per heavy atom. The van der Waals surface area contributed by atoms with Crippen molar-refractivity contribution in [1.29, 1.82) is 0 Å². The van der Waals surface area contributed by atoms with E-state index in [1.54, 1.807) is 54.7 Å². The first-order chi connectivity index (χ1) is 16.0. The molecule has 4 rings (SSSR count). The zero-order chi connectivity index (χ0) is 23.4. The number of benzene rings is 3. The van der Waals surface area contributed by atoms with E-state index < -0.39 is 5.82 Å². The number of halogens is 2. The van der Waals surface area contributed by atoms with Gasteiger partial charge in [-0.2, -0.15) is 0 Å². The van der Waals surface area contributed by atoms with Crippen LogP contribution in [0.4, 0.5) is 20.6 Å². The molecule has 8 heteroatoms. The lowest BCUT2D eigenvalue weighted by molar-refractivity contribution is 0.262. The van der Waals surface area contributed by atoms with Gasteiger partial charge in [-0.15, -0.1) is 0 Å². The fourth-order valence-electron chi connectivity index (χ4n) is 3.32. The highest BCUT2D eigenvalue weighted by molar-refractivity contribution is 6.31. The van der Waals surface area contributed by atoms with Crippen LogP contribution in [-0.2, 0) is 6.42 Å². The van der Waals surface area contributed by atoms with Gasteiger partial charge < -0.3 is 20.1 Å². The van der Waals surface area contributed by atoms with Crippen LogP contribution in [0.15, 0.2) is 66.9 Å². The highest BCUT2D eigenvalue weighted by Crippen LogP contribution is 2.33. The van der Waals surface area contributed by atoms with Crippen molar-refractivity contribution in [2.45, 2.75) is 13.3 Å². The Hall–Kier alpha value is -3.84. The maximum absolute atomic E-state index is 14.0. The minimum absolute atomic E-state index is 0.109. The molecule has 2 amide bonds. The third-order valence-electron chi connectivity index (χ3n) is 5.00. The number of nitrogens with zero attached hydrogens (tertiary/aromatic N) is 1. The lowest BCUT2D eigenvalue weighted by Crippen LogP contribution is -2.19. The second-order valence-electron chi connectivity index (χ2n) is 7.18. The van der Waals surface area contributed by atoms with Crippen molar-refractivity contribution in [1.82, 2.24) is 4.98 Å². The number of fused-ring (bicyclic) bond motifs is 1. The fourth-order valence-corrected chi connectivity index (χ4v) is 3.57. The molecule has 33 heavy (non-hydrogen) atoms. The van der Waals surface area contributed by atoms with Crippen molar-refractivity contribution >= 4 is 39.9 Å². The van der Waals surface area contributed by atoms with Crippen molar-refractivity contribution in [3.63, 3.8) is 0 Å². The minimum atomic E-state index is -0.493. The minimum Gasteiger partial charge on any atom is -0.494 e. The molecule has 4 aromatic rings. The Balaban J connectivity index is 1.45. The van der Waals surface area contributed by atoms with Crippen molar-refractivity contribution in [2.75, 3.05) is 17.7 Å². The maximum Gasteiger partial charge on any atom is 0.323 e. The molecule has 1 aromatic heterocycles. The molecule has 0 saturated carbocycles. The van der Waals surface area contributed by atoms with E-state index in [2.05, 4.69) is 15.6 Å². The largest absolute Gasteiger partial charge is 0.494 e. The van der Waals surface area contributed by atoms with E-state index >= 15 is 0 Å². The van der Waals surface area contributed by atoms with Crippen LogP contribution in [0.3, 0.4) is 0 Å². The van der Waals surface area contributed by atoms with Crippen LogP contribution >= 0.6 is 11.6 Å². The Kier molecular flexibility index (Phi) is 6.60. The average molecular weight is 466 g/mol. The number of amides is 2. The monoisotopic (exact) mass is 465 g/mol. The number of methoxy groups -OCH3 is 1. The summed E-state index contributed by atoms with van der Waals surface area (Å²) in [6, 6.07) is 16.4. The lowest BCUT2D eigenvalue weighted by atomic mass is 10.1. The van der Waals surface area contributed by atoms with E-state index in [1.165, 1.54) is 13.2 Å². The first kappa shape index (κ1) is 22.4. The van der Waals surface area contributed by atoms with Crippen LogP contribution in [0.2, 0.25) is 5.02 Å². The first-order valence-electron chi connectivity index (χ1n) is 10.2. The number of ether oxygens (including phenoxy) is 2. The smallest absolute Gasteiger partial charge is 0.323 e. The molecule has 0 unspecified atom stereocenters. The summed E-state index contributed by atoms with van der Waals surface area (Å²) >= 11 is 6.12. The molecule has 3 aromatic carbocycles. The van der Waals surface area contributed by atoms with Gasteiger partial charge in [-0.1, -0.05) is 18.5 Å². The Bertz CT molecular complexity index is 1310. The summed E-state index contributed by atoms with van der Waals surface area (Å²) in [5.74, 6) is 0.666. The van der Waals surface area contributed by atoms with E-state index in [4.69, 9.17) is 21.1 Å². The molecule has 0 spiro atoms. The number of hydrogen-bond acceptors (Lipinski definition) is 4. The number of carbonyl (C=O) groups is 1. The predicted octanol–water partition coefficient (Wildman–Crippen LogP) is 7.03. The number of pyridine rings is 1. The highest BCUT2D eigenvalue weighted by atomic mass is 35.5. The first-order valence-corrected chi connectivity index (χ1v) is 10.6. The molecule has 0 aliphatic carbocycles. The SMILES string of the molecule is CCc1cc(NC(=O)Nc2ccc(Oc3ccnc4cc(F)c(OC)cc34)cc2)ccc1Cl. The Morgan fingerprint density at radius 3 is 2.45 bits per heavy atom. The number of rotatable bonds is 6. The molecule has 0 saturated heterocycles. The normalized spacial score (nSPS) is 10.7. The molecule has 1 heterocycles. The second-order valence-corrected chi connectivity index (χ2v) is 7.59. The Labute approximate surface area is 195 Å². The van der Waals surface area contributed by atoms with Gasteiger partial charge in [0.1, 0.15) is 11.5 Å². The van der Waals surface area contributed by atoms with Gasteiger partial charge in [0.25, 0.3) is 0 Å². The van der Waals surface area contributed by atoms with Crippen molar-refractivity contribution in [3.8, 4) is 17.2 Å². The summed E-state index contributed by atoms with van der Waals surface area (Å²) in [6.45, 7) is 2.00. The van der Waals surface area contributed by atoms with Crippen molar-refractivity contribution in [2.24, 2.45) is 0 Å². The molecule has 0 radical (unpaired) electrons. The van der Waals surface area contributed by atoms with Gasteiger partial charge in [-0.25, -0.2) is 9.18 Å². The lowest BCUT2D eigenvalue weighted by Gasteiger charge is -2.12. The van der Waals surface area contributed by atoms with Crippen LogP contribution in [0.25, 0.3) is 10.9 Å². The van der Waals surface area contributed by atoms with Gasteiger partial charge in [0, 0.05) is 34.0 Å². The number of urea groups is 1. The molecule has 168 valence electrons. The number of carbonyl (C=O) groups excluding carboxylic acids is 1. The average Bonchev–Trinajstić information content (AvgIpc) is 2.81. The molecular weight excluding hydrogens is 445 g/mol. The predicted molar refractivity (Wildman–Crippen MR) is 128 cm³/mol. The molecule has 0 aliphatic heterocycles. The standard InChI is InChI=1S/C25H21ClFN3O3/c1-3-15-12-17(6-9-20(15)26)30-25(31)29-16-4-7-18(8-5-16)33-23-10-11-28-22-14-21(27)24(32-2)13-19(22)23/h4-14H,3H2,1-2H3,(H2,29,30,31). The van der Waals surface area contributed by atoms with Gasteiger partial charge in [0.05, 0.1) is 12.6 Å². The number of hydrogen-bond donors (Lipinski definition) is 2. The molecule has 2 N–H and O–H groups in total. The molecule has 0 atom stereocenters.